The summed E-state index contributed by atoms with van der Waals surface area (Å²) in [5, 5.41) is 43.2. The van der Waals surface area contributed by atoms with E-state index in [-0.39, 0.29) is 23.0 Å². The molecule has 0 aliphatic carbocycles. The molecule has 2 aromatic carbocycles. The number of carbonyl (C=O) groups is 1. The molecule has 0 unspecified atom stereocenters. The molecule has 0 amide bonds. The minimum atomic E-state index is -1.23. The number of H-pyrrole nitrogens is 1. The molecule has 8 N–H and O–H groups in total. The number of aryl methyl sites for hydroxylation is 1. The van der Waals surface area contributed by atoms with Gasteiger partial charge in [-0.3, -0.25) is 29.2 Å². The van der Waals surface area contributed by atoms with Gasteiger partial charge in [-0.1, -0.05) is 12.1 Å². The number of nitrogens with one attached hydrogen (secondary N) is 1. The number of aromatic nitrogens is 8. The van der Waals surface area contributed by atoms with Crippen LogP contribution in [0, 0.1) is 11.3 Å². The number of fused-ring (bicyclic) bond motifs is 3. The topological polar surface area (TPSA) is 294 Å². The first-order valence-corrected chi connectivity index (χ1v) is 20.0. The van der Waals surface area contributed by atoms with Crippen molar-refractivity contribution in [3.8, 4) is 40.0 Å². The number of methoxy groups -OCH3 is 2. The van der Waals surface area contributed by atoms with Gasteiger partial charge in [0.25, 0.3) is 0 Å². The number of hydrogen-bond donors (Lipinski definition) is 5. The fourth-order valence-corrected chi connectivity index (χ4v) is 6.29. The van der Waals surface area contributed by atoms with Crippen LogP contribution in [-0.4, -0.2) is 106 Å². The Labute approximate surface area is 369 Å². The summed E-state index contributed by atoms with van der Waals surface area (Å²) in [6.45, 7) is 8.15. The number of ether oxygens (including phenoxy) is 3. The van der Waals surface area contributed by atoms with Crippen LogP contribution in [0.5, 0.6) is 11.5 Å². The highest BCUT2D eigenvalue weighted by atomic mass is 16.5. The van der Waals surface area contributed by atoms with E-state index in [2.05, 4.69) is 30.1 Å². The van der Waals surface area contributed by atoms with E-state index in [9.17, 15) is 14.7 Å². The van der Waals surface area contributed by atoms with Gasteiger partial charge in [-0.25, -0.2) is 14.6 Å². The largest absolute Gasteiger partial charge is 0.496 e. The van der Waals surface area contributed by atoms with Crippen LogP contribution in [-0.2, 0) is 35.1 Å². The lowest BCUT2D eigenvalue weighted by atomic mass is 9.96. The highest BCUT2D eigenvalue weighted by Gasteiger charge is 2.20. The summed E-state index contributed by atoms with van der Waals surface area (Å²) < 4.78 is 20.1. The van der Waals surface area contributed by atoms with Gasteiger partial charge >= 0.3 is 11.7 Å². The highest BCUT2D eigenvalue weighted by Crippen LogP contribution is 2.38. The molecule has 7 aromatic rings. The molecule has 64 heavy (non-hydrogen) atoms. The minimum Gasteiger partial charge on any atom is -0.496 e. The third kappa shape index (κ3) is 12.1. The number of hydrogen-bond acceptors (Lipinski definition) is 14. The normalized spacial score (nSPS) is 11.9. The average Bonchev–Trinajstić information content (AvgIpc) is 3.84. The van der Waals surface area contributed by atoms with Gasteiger partial charge in [0.15, 0.2) is 5.69 Å². The molecule has 0 bridgehead atoms. The second-order valence-electron chi connectivity index (χ2n) is 15.0. The molecule has 7 rings (SSSR count). The number of pyridine rings is 2. The lowest BCUT2D eigenvalue weighted by molar-refractivity contribution is -0.145. The van der Waals surface area contributed by atoms with Gasteiger partial charge in [0.05, 0.1) is 84.1 Å². The molecule has 5 aromatic heterocycles. The molecule has 0 fully saturated rings. The molecular formula is C45H54N10O9. The second-order valence-corrected chi connectivity index (χ2v) is 15.0. The number of carboxylic acid groups (broad SMARTS) is 1. The number of imidazole rings is 1. The summed E-state index contributed by atoms with van der Waals surface area (Å²) in [6.07, 6.45) is 8.17. The molecule has 19 nitrogen and oxygen atoms in total. The van der Waals surface area contributed by atoms with E-state index >= 15 is 0 Å². The standard InChI is InChI=1S/C23H26N4O3.C19H20N6O2.C3H6O3.H2O/c1-14(30-5)13-27-21-18-9-15(16-8-17(11-24-10-16)23(2,3)29)6-7-19(18)25-12-20(21)26(4)22(27)28;1-26-17-4-2-5-18(27-7-3-6-20)19(17)16-9-13(24-25-16)8-14-11-23-15(10-21)12-22-14;1-2(4)3(5)6;/h6-12,14,29H,13H2,1-5H3;2,4-5,9,11-12H,3,6-8,20H2,1H3,(H,24,25);2,4H,1H3,(H,5,6);1H2/t14-;;2-;/m0.0./s1. The third-order valence-electron chi connectivity index (χ3n) is 9.84. The van der Waals surface area contributed by atoms with E-state index in [1.165, 1.54) is 13.1 Å². The monoisotopic (exact) mass is 878 g/mol. The number of rotatable bonds is 14. The zero-order chi connectivity index (χ0) is 45.8. The first-order valence-electron chi connectivity index (χ1n) is 20.0. The van der Waals surface area contributed by atoms with Crippen molar-refractivity contribution in [2.24, 2.45) is 12.8 Å². The Morgan fingerprint density at radius 1 is 1.00 bits per heavy atom. The lowest BCUT2D eigenvalue weighted by Crippen LogP contribution is -2.27. The number of benzene rings is 2. The second kappa shape index (κ2) is 22.3. The predicted octanol–water partition coefficient (Wildman–Crippen LogP) is 3.90. The maximum absolute atomic E-state index is 12.9. The zero-order valence-corrected chi connectivity index (χ0v) is 36.7. The Balaban J connectivity index is 0.000000247. The van der Waals surface area contributed by atoms with Gasteiger partial charge in [0.2, 0.25) is 0 Å². The molecule has 0 saturated carbocycles. The molecule has 0 aliphatic heterocycles. The van der Waals surface area contributed by atoms with Gasteiger partial charge in [-0.2, -0.15) is 10.4 Å². The Bertz CT molecular complexity index is 2750. The molecule has 2 atom stereocenters. The van der Waals surface area contributed by atoms with Crippen molar-refractivity contribution in [2.75, 3.05) is 27.4 Å². The molecule has 0 saturated heterocycles. The maximum atomic E-state index is 12.9. The van der Waals surface area contributed by atoms with E-state index in [1.807, 2.05) is 61.5 Å². The quantitative estimate of drug-likeness (QED) is 0.0968. The van der Waals surface area contributed by atoms with Crippen LogP contribution < -0.4 is 20.9 Å². The number of nitriles is 1. The smallest absolute Gasteiger partial charge is 0.332 e. The van der Waals surface area contributed by atoms with Gasteiger partial charge in [0.1, 0.15) is 23.7 Å². The predicted molar refractivity (Wildman–Crippen MR) is 240 cm³/mol. The minimum absolute atomic E-state index is 0. The van der Waals surface area contributed by atoms with Gasteiger partial charge in [-0.05, 0) is 82.6 Å². The molecule has 0 radical (unpaired) electrons. The molecule has 19 heteroatoms. The fraction of sp³-hybridized carbons (Fsp3) is 0.333. The maximum Gasteiger partial charge on any atom is 0.332 e. The summed E-state index contributed by atoms with van der Waals surface area (Å²) >= 11 is 0. The van der Waals surface area contributed by atoms with Gasteiger partial charge < -0.3 is 40.7 Å². The zero-order valence-electron chi connectivity index (χ0n) is 36.7. The summed E-state index contributed by atoms with van der Waals surface area (Å²) in [7, 11) is 5.01. The van der Waals surface area contributed by atoms with E-state index in [0.29, 0.717) is 43.3 Å². The molecular weight excluding hydrogens is 825 g/mol. The number of nitrogens with zero attached hydrogens (tertiary/aromatic N) is 8. The van der Waals surface area contributed by atoms with E-state index in [4.69, 9.17) is 35.4 Å². The number of nitrogens with two attached hydrogens (primary N) is 1. The number of aliphatic hydroxyl groups is 2. The van der Waals surface area contributed by atoms with Crippen molar-refractivity contribution in [3.05, 3.63) is 113 Å². The number of carboxylic acids is 1. The Hall–Kier alpha value is -7.08. The van der Waals surface area contributed by atoms with Crippen molar-refractivity contribution in [1.82, 2.24) is 39.3 Å². The SMILES string of the molecule is CO[C@@H](C)Cn1c(=O)n(C)c2cnc3ccc(-c4cncc(C(C)(C)O)c4)cc3c21.COc1cccc(OCCCN)c1-c1cc(Cc2cnc(C#N)cn2)[nH]n1.C[C@H](O)C(=O)O.O. The Kier molecular flexibility index (Phi) is 17.3. The number of aliphatic hydroxyl groups excluding tert-OH is 1. The summed E-state index contributed by atoms with van der Waals surface area (Å²) in [5.41, 5.74) is 12.8. The Morgan fingerprint density at radius 2 is 1.73 bits per heavy atom. The van der Waals surface area contributed by atoms with Crippen LogP contribution in [0.3, 0.4) is 0 Å². The highest BCUT2D eigenvalue weighted by molar-refractivity contribution is 6.04. The molecule has 0 spiro atoms. The van der Waals surface area contributed by atoms with Crippen LogP contribution in [0.15, 0.2) is 84.3 Å². The van der Waals surface area contributed by atoms with Crippen LogP contribution in [0.2, 0.25) is 0 Å². The van der Waals surface area contributed by atoms with Crippen molar-refractivity contribution < 1.29 is 39.8 Å². The molecule has 0 aliphatic rings. The van der Waals surface area contributed by atoms with Crippen LogP contribution in [0.1, 0.15) is 56.8 Å². The summed E-state index contributed by atoms with van der Waals surface area (Å²) in [4.78, 5) is 39.5. The number of aromatic amines is 1. The third-order valence-corrected chi connectivity index (χ3v) is 9.84. The van der Waals surface area contributed by atoms with Crippen LogP contribution >= 0.6 is 0 Å². The average molecular weight is 879 g/mol. The van der Waals surface area contributed by atoms with Crippen molar-refractivity contribution in [3.63, 3.8) is 0 Å². The van der Waals surface area contributed by atoms with Crippen molar-refractivity contribution in [2.45, 2.75) is 64.9 Å². The lowest BCUT2D eigenvalue weighted by Gasteiger charge is -2.18. The van der Waals surface area contributed by atoms with Crippen molar-refractivity contribution in [1.29, 1.82) is 5.26 Å². The summed E-state index contributed by atoms with van der Waals surface area (Å²) in [5.74, 6) is 0.186. The van der Waals surface area contributed by atoms with E-state index < -0.39 is 17.7 Å². The van der Waals surface area contributed by atoms with E-state index in [1.54, 1.807) is 69.0 Å². The van der Waals surface area contributed by atoms with Crippen molar-refractivity contribution >= 4 is 27.9 Å². The molecule has 338 valence electrons. The van der Waals surface area contributed by atoms with Crippen LogP contribution in [0.25, 0.3) is 44.3 Å². The molecule has 5 heterocycles. The van der Waals surface area contributed by atoms with E-state index in [0.717, 1.165) is 62.0 Å². The fourth-order valence-electron chi connectivity index (χ4n) is 6.29. The van der Waals surface area contributed by atoms with Crippen LogP contribution in [0.4, 0.5) is 0 Å². The van der Waals surface area contributed by atoms with Gasteiger partial charge in [-0.15, -0.1) is 0 Å². The number of aliphatic carboxylic acids is 1. The first-order chi connectivity index (χ1) is 30.1. The summed E-state index contributed by atoms with van der Waals surface area (Å²) in [6, 6.07) is 17.4. The van der Waals surface area contributed by atoms with Gasteiger partial charge in [0, 0.05) is 55.2 Å². The Morgan fingerprint density at radius 3 is 2.36 bits per heavy atom. The first kappa shape index (κ1) is 49.6.